The maximum absolute atomic E-state index is 12.0. The second-order valence-electron chi connectivity index (χ2n) is 12.6. The van der Waals surface area contributed by atoms with Crippen molar-refractivity contribution < 1.29 is 10.2 Å². The maximum atomic E-state index is 12.0. The summed E-state index contributed by atoms with van der Waals surface area (Å²) in [6.07, 6.45) is 11.8. The lowest BCUT2D eigenvalue weighted by molar-refractivity contribution is 0.306. The molecule has 5 rings (SSSR count). The van der Waals surface area contributed by atoms with E-state index in [1.165, 1.54) is 49.7 Å². The Kier molecular flexibility index (Phi) is 7.14. The van der Waals surface area contributed by atoms with Crippen molar-refractivity contribution in [3.05, 3.63) is 93.5 Å². The van der Waals surface area contributed by atoms with Gasteiger partial charge in [-0.2, -0.15) is 0 Å². The third kappa shape index (κ3) is 4.92. The van der Waals surface area contributed by atoms with Gasteiger partial charge in [0.15, 0.2) is 0 Å². The minimum Gasteiger partial charge on any atom is -0.507 e. The Morgan fingerprint density at radius 1 is 0.595 bits per heavy atom. The van der Waals surface area contributed by atoms with Crippen molar-refractivity contribution >= 4 is 0 Å². The van der Waals surface area contributed by atoms with Gasteiger partial charge in [-0.05, 0) is 55.9 Å². The van der Waals surface area contributed by atoms with E-state index in [0.29, 0.717) is 11.5 Å². The zero-order valence-electron chi connectivity index (χ0n) is 23.2. The van der Waals surface area contributed by atoms with Crippen LogP contribution in [0.2, 0.25) is 0 Å². The first-order valence-electron chi connectivity index (χ1n) is 14.4. The fraction of sp³-hybridized carbons (Fsp3) is 0.486. The van der Waals surface area contributed by atoms with Crippen LogP contribution < -0.4 is 0 Å². The van der Waals surface area contributed by atoms with Crippen LogP contribution in [-0.4, -0.2) is 10.2 Å². The Morgan fingerprint density at radius 2 is 1.00 bits per heavy atom. The summed E-state index contributed by atoms with van der Waals surface area (Å²) in [4.78, 5) is 0. The van der Waals surface area contributed by atoms with Gasteiger partial charge in [-0.1, -0.05) is 118 Å². The van der Waals surface area contributed by atoms with Gasteiger partial charge >= 0.3 is 0 Å². The highest BCUT2D eigenvalue weighted by molar-refractivity contribution is 5.60. The van der Waals surface area contributed by atoms with E-state index in [2.05, 4.69) is 76.2 Å². The Bertz CT molecular complexity index is 1160. The van der Waals surface area contributed by atoms with Crippen molar-refractivity contribution in [2.45, 2.75) is 109 Å². The molecule has 3 aromatic carbocycles. The summed E-state index contributed by atoms with van der Waals surface area (Å²) in [6.45, 7) is 8.94. The lowest BCUT2D eigenvalue weighted by Gasteiger charge is -2.37. The van der Waals surface area contributed by atoms with E-state index in [9.17, 15) is 10.2 Å². The minimum atomic E-state index is -0.238. The molecule has 0 spiro atoms. The maximum Gasteiger partial charge on any atom is 0.123 e. The first-order valence-corrected chi connectivity index (χ1v) is 14.4. The molecule has 2 heteroatoms. The molecule has 0 unspecified atom stereocenters. The summed E-state index contributed by atoms with van der Waals surface area (Å²) in [6, 6.07) is 19.1. The van der Waals surface area contributed by atoms with Gasteiger partial charge in [-0.3, -0.25) is 0 Å². The smallest absolute Gasteiger partial charge is 0.123 e. The van der Waals surface area contributed by atoms with Crippen LogP contribution in [0, 0.1) is 13.8 Å². The van der Waals surface area contributed by atoms with Crippen LogP contribution in [0.25, 0.3) is 0 Å². The minimum absolute atomic E-state index is 0.0142. The SMILES string of the molecule is Cc1cc(C(c2ccccc2)c2cc(C)cc(C3(C)CCCCC3)c2O)c(O)c(C2(C)CCCCC2)c1. The molecule has 0 aliphatic heterocycles. The summed E-state index contributed by atoms with van der Waals surface area (Å²) >= 11 is 0. The molecule has 0 bridgehead atoms. The second kappa shape index (κ2) is 10.2. The standard InChI is InChI=1S/C35H44O2/c1-24-20-27(32(36)29(22-24)34(3)16-10-6-11-17-34)31(26-14-8-5-9-15-26)28-21-25(2)23-30(33(28)37)35(4)18-12-7-13-19-35/h5,8-9,14-15,20-23,31,36-37H,6-7,10-13,16-19H2,1-4H3. The van der Waals surface area contributed by atoms with Crippen LogP contribution in [0.5, 0.6) is 11.5 Å². The van der Waals surface area contributed by atoms with Gasteiger partial charge in [0, 0.05) is 28.2 Å². The first-order chi connectivity index (χ1) is 17.7. The molecule has 2 aliphatic rings. The lowest BCUT2D eigenvalue weighted by Crippen LogP contribution is -2.26. The summed E-state index contributed by atoms with van der Waals surface area (Å²) in [7, 11) is 0. The number of aromatic hydroxyl groups is 2. The topological polar surface area (TPSA) is 40.5 Å². The zero-order chi connectivity index (χ0) is 26.2. The second-order valence-corrected chi connectivity index (χ2v) is 12.6. The number of benzene rings is 3. The predicted molar refractivity (Wildman–Crippen MR) is 154 cm³/mol. The first kappa shape index (κ1) is 25.9. The summed E-state index contributed by atoms with van der Waals surface area (Å²) < 4.78 is 0. The van der Waals surface area contributed by atoms with E-state index < -0.39 is 0 Å². The number of hydrogen-bond acceptors (Lipinski definition) is 2. The monoisotopic (exact) mass is 496 g/mol. The summed E-state index contributed by atoms with van der Waals surface area (Å²) in [5.41, 5.74) is 7.39. The fourth-order valence-corrected chi connectivity index (χ4v) is 7.35. The van der Waals surface area contributed by atoms with Crippen molar-refractivity contribution in [3.63, 3.8) is 0 Å². The van der Waals surface area contributed by atoms with E-state index >= 15 is 0 Å². The van der Waals surface area contributed by atoms with Crippen LogP contribution in [-0.2, 0) is 10.8 Å². The fourth-order valence-electron chi connectivity index (χ4n) is 7.35. The molecule has 196 valence electrons. The Morgan fingerprint density at radius 3 is 1.41 bits per heavy atom. The number of hydrogen-bond donors (Lipinski definition) is 2. The lowest BCUT2D eigenvalue weighted by atomic mass is 9.68. The van der Waals surface area contributed by atoms with Gasteiger partial charge in [-0.15, -0.1) is 0 Å². The van der Waals surface area contributed by atoms with Crippen LogP contribution >= 0.6 is 0 Å². The highest BCUT2D eigenvalue weighted by atomic mass is 16.3. The Labute approximate surface area is 223 Å². The third-order valence-corrected chi connectivity index (χ3v) is 9.54. The van der Waals surface area contributed by atoms with Crippen LogP contribution in [0.4, 0.5) is 0 Å². The van der Waals surface area contributed by atoms with Crippen LogP contribution in [0.3, 0.4) is 0 Å². The van der Waals surface area contributed by atoms with E-state index in [1.54, 1.807) is 0 Å². The number of aryl methyl sites for hydroxylation is 2. The molecule has 2 aliphatic carbocycles. The molecule has 2 saturated carbocycles. The Balaban J connectivity index is 1.73. The average molecular weight is 497 g/mol. The average Bonchev–Trinajstić information content (AvgIpc) is 2.89. The number of phenolic OH excluding ortho intramolecular Hbond substituents is 2. The highest BCUT2D eigenvalue weighted by Gasteiger charge is 2.36. The summed E-state index contributed by atoms with van der Waals surface area (Å²) in [5.74, 6) is 0.586. The van der Waals surface area contributed by atoms with E-state index in [4.69, 9.17) is 0 Å². The molecule has 2 fully saturated rings. The quantitative estimate of drug-likeness (QED) is 0.345. The molecule has 2 N–H and O–H groups in total. The van der Waals surface area contributed by atoms with Crippen LogP contribution in [0.1, 0.15) is 123 Å². The largest absolute Gasteiger partial charge is 0.507 e. The Hall–Kier alpha value is -2.74. The number of phenols is 2. The van der Waals surface area contributed by atoms with Gasteiger partial charge in [-0.25, -0.2) is 0 Å². The van der Waals surface area contributed by atoms with Gasteiger partial charge < -0.3 is 10.2 Å². The molecule has 0 saturated heterocycles. The molecule has 0 heterocycles. The summed E-state index contributed by atoms with van der Waals surface area (Å²) in [5, 5.41) is 23.9. The molecular formula is C35H44O2. The van der Waals surface area contributed by atoms with E-state index in [0.717, 1.165) is 53.5 Å². The van der Waals surface area contributed by atoms with Crippen molar-refractivity contribution in [2.75, 3.05) is 0 Å². The van der Waals surface area contributed by atoms with Crippen molar-refractivity contribution in [2.24, 2.45) is 0 Å². The van der Waals surface area contributed by atoms with Crippen molar-refractivity contribution in [1.82, 2.24) is 0 Å². The van der Waals surface area contributed by atoms with Crippen molar-refractivity contribution in [1.29, 1.82) is 0 Å². The molecular weight excluding hydrogens is 452 g/mol. The molecule has 0 radical (unpaired) electrons. The van der Waals surface area contributed by atoms with Gasteiger partial charge in [0.05, 0.1) is 0 Å². The van der Waals surface area contributed by atoms with Crippen LogP contribution in [0.15, 0.2) is 54.6 Å². The zero-order valence-corrected chi connectivity index (χ0v) is 23.2. The van der Waals surface area contributed by atoms with Crippen molar-refractivity contribution in [3.8, 4) is 11.5 Å². The van der Waals surface area contributed by atoms with Gasteiger partial charge in [0.1, 0.15) is 11.5 Å². The van der Waals surface area contributed by atoms with E-state index in [1.807, 2.05) is 6.07 Å². The molecule has 0 aromatic heterocycles. The molecule has 3 aromatic rings. The van der Waals surface area contributed by atoms with Gasteiger partial charge in [0.25, 0.3) is 0 Å². The molecule has 37 heavy (non-hydrogen) atoms. The number of rotatable bonds is 5. The third-order valence-electron chi connectivity index (χ3n) is 9.54. The molecule has 0 amide bonds. The molecule has 0 atom stereocenters. The van der Waals surface area contributed by atoms with E-state index in [-0.39, 0.29) is 16.7 Å². The molecule has 2 nitrogen and oxygen atoms in total. The normalized spacial score (nSPS) is 19.2. The van der Waals surface area contributed by atoms with Gasteiger partial charge in [0.2, 0.25) is 0 Å². The predicted octanol–water partition coefficient (Wildman–Crippen LogP) is 9.34. The highest BCUT2D eigenvalue weighted by Crippen LogP contribution is 2.51.